The first-order valence-electron chi connectivity index (χ1n) is 4.14. The lowest BCUT2D eigenvalue weighted by molar-refractivity contribution is -0.144. The van der Waals surface area contributed by atoms with Gasteiger partial charge in [0.2, 0.25) is 0 Å². The van der Waals surface area contributed by atoms with E-state index in [0.29, 0.717) is 0 Å². The monoisotopic (exact) mass is 211 g/mol. The second kappa shape index (κ2) is 2.69. The minimum Gasteiger partial charge on any atom is -0.478 e. The standard InChI is InChI=1S/C7H9N5O3/c1-11-4-7(5(13)14,8-3-9-10-4)12(2)6(11)15/h3H,1-2H3,(H,8,9)(H,13,14). The number of amidine groups is 1. The normalized spacial score (nSPS) is 28.7. The highest BCUT2D eigenvalue weighted by molar-refractivity contribution is 6.21. The molecular formula is C7H9N5O3. The van der Waals surface area contributed by atoms with E-state index in [9.17, 15) is 9.59 Å². The number of amides is 2. The summed E-state index contributed by atoms with van der Waals surface area (Å²) in [5.74, 6) is -1.18. The average molecular weight is 211 g/mol. The molecule has 0 radical (unpaired) electrons. The molecule has 2 heterocycles. The maximum absolute atomic E-state index is 11.6. The Balaban J connectivity index is 2.61. The molecule has 0 spiro atoms. The van der Waals surface area contributed by atoms with Gasteiger partial charge < -0.3 is 5.11 Å². The van der Waals surface area contributed by atoms with E-state index >= 15 is 0 Å². The molecule has 1 unspecified atom stereocenters. The maximum Gasteiger partial charge on any atom is 0.361 e. The third-order valence-corrected chi connectivity index (χ3v) is 2.47. The van der Waals surface area contributed by atoms with Crippen LogP contribution in [0.3, 0.4) is 0 Å². The number of aliphatic carboxylic acids is 1. The predicted molar refractivity (Wildman–Crippen MR) is 50.4 cm³/mol. The van der Waals surface area contributed by atoms with Gasteiger partial charge in [-0.2, -0.15) is 5.10 Å². The van der Waals surface area contributed by atoms with Crippen molar-refractivity contribution in [3.05, 3.63) is 0 Å². The molecule has 2 aliphatic rings. The number of aliphatic imine (C=N–C) groups is 1. The highest BCUT2D eigenvalue weighted by Crippen LogP contribution is 2.29. The van der Waals surface area contributed by atoms with Crippen molar-refractivity contribution >= 4 is 24.2 Å². The van der Waals surface area contributed by atoms with E-state index in [4.69, 9.17) is 5.11 Å². The third-order valence-electron chi connectivity index (χ3n) is 2.47. The lowest BCUT2D eigenvalue weighted by Gasteiger charge is -2.27. The Bertz CT molecular complexity index is 403. The van der Waals surface area contributed by atoms with Crippen molar-refractivity contribution in [2.24, 2.45) is 10.1 Å². The Kier molecular flexibility index (Phi) is 1.69. The largest absolute Gasteiger partial charge is 0.478 e. The lowest BCUT2D eigenvalue weighted by atomic mass is 10.1. The van der Waals surface area contributed by atoms with Gasteiger partial charge in [0.1, 0.15) is 6.34 Å². The highest BCUT2D eigenvalue weighted by Gasteiger charge is 2.59. The van der Waals surface area contributed by atoms with Gasteiger partial charge in [-0.3, -0.25) is 15.2 Å². The molecule has 0 saturated carbocycles. The number of hydrogen-bond donors (Lipinski definition) is 2. The minimum atomic E-state index is -1.73. The van der Waals surface area contributed by atoms with Crippen LogP contribution < -0.4 is 5.43 Å². The van der Waals surface area contributed by atoms with Crippen molar-refractivity contribution in [1.82, 2.24) is 15.2 Å². The number of nitrogens with zero attached hydrogens (tertiary/aromatic N) is 4. The Morgan fingerprint density at radius 3 is 2.80 bits per heavy atom. The molecule has 2 rings (SSSR count). The van der Waals surface area contributed by atoms with Crippen molar-refractivity contribution in [3.8, 4) is 0 Å². The molecule has 1 saturated heterocycles. The minimum absolute atomic E-state index is 0.0602. The number of hydrazone groups is 1. The van der Waals surface area contributed by atoms with Crippen molar-refractivity contribution in [3.63, 3.8) is 0 Å². The molecule has 0 aromatic heterocycles. The molecule has 0 aromatic rings. The molecule has 80 valence electrons. The van der Waals surface area contributed by atoms with Crippen molar-refractivity contribution in [2.45, 2.75) is 5.66 Å². The molecular weight excluding hydrogens is 202 g/mol. The number of carbonyl (C=O) groups excluding carboxylic acids is 1. The van der Waals surface area contributed by atoms with Gasteiger partial charge in [-0.05, 0) is 0 Å². The zero-order valence-electron chi connectivity index (χ0n) is 8.13. The Labute approximate surface area is 84.9 Å². The third kappa shape index (κ3) is 0.901. The van der Waals surface area contributed by atoms with Gasteiger partial charge in [0.15, 0.2) is 5.84 Å². The number of nitrogens with one attached hydrogen (secondary N) is 1. The summed E-state index contributed by atoms with van der Waals surface area (Å²) in [7, 11) is 2.82. The first-order chi connectivity index (χ1) is 7.01. The van der Waals surface area contributed by atoms with E-state index < -0.39 is 17.7 Å². The first-order valence-corrected chi connectivity index (χ1v) is 4.14. The van der Waals surface area contributed by atoms with Crippen LogP contribution in [0, 0.1) is 0 Å². The van der Waals surface area contributed by atoms with Gasteiger partial charge in [-0.1, -0.05) is 0 Å². The Morgan fingerprint density at radius 1 is 1.60 bits per heavy atom. The number of rotatable bonds is 1. The molecule has 0 aromatic carbocycles. The first kappa shape index (κ1) is 9.44. The number of fused-ring (bicyclic) bond motifs is 1. The molecule has 2 N–H and O–H groups in total. The number of carbonyl (C=O) groups is 2. The van der Waals surface area contributed by atoms with Crippen molar-refractivity contribution in [1.29, 1.82) is 0 Å². The fourth-order valence-corrected chi connectivity index (χ4v) is 1.64. The Hall–Kier alpha value is -2.12. The summed E-state index contributed by atoms with van der Waals surface area (Å²) < 4.78 is 0. The van der Waals surface area contributed by atoms with Crippen LogP contribution in [0.5, 0.6) is 0 Å². The van der Waals surface area contributed by atoms with E-state index in [1.165, 1.54) is 14.1 Å². The SMILES string of the molecule is CN1C(=O)N(C)C2(C(=O)O)N=CNN=C12. The number of likely N-dealkylation sites (N-methyl/N-ethyl adjacent to an activating group) is 2. The summed E-state index contributed by atoms with van der Waals surface area (Å²) in [6, 6.07) is -0.461. The van der Waals surface area contributed by atoms with E-state index in [-0.39, 0.29) is 5.84 Å². The molecule has 1 fully saturated rings. The van der Waals surface area contributed by atoms with E-state index in [2.05, 4.69) is 15.5 Å². The van der Waals surface area contributed by atoms with Gasteiger partial charge in [-0.15, -0.1) is 0 Å². The fourth-order valence-electron chi connectivity index (χ4n) is 1.64. The summed E-state index contributed by atoms with van der Waals surface area (Å²) in [5, 5.41) is 12.9. The fraction of sp³-hybridized carbons (Fsp3) is 0.429. The molecule has 1 atom stereocenters. The van der Waals surface area contributed by atoms with Gasteiger partial charge in [0.25, 0.3) is 5.66 Å². The summed E-state index contributed by atoms with van der Waals surface area (Å²) in [6.45, 7) is 0. The van der Waals surface area contributed by atoms with Crippen LogP contribution in [0.2, 0.25) is 0 Å². The quantitative estimate of drug-likeness (QED) is 0.563. The van der Waals surface area contributed by atoms with Crippen LogP contribution in [0.25, 0.3) is 0 Å². The Morgan fingerprint density at radius 2 is 2.27 bits per heavy atom. The van der Waals surface area contributed by atoms with Crippen LogP contribution >= 0.6 is 0 Å². The topological polar surface area (TPSA) is 97.6 Å². The molecule has 2 aliphatic heterocycles. The summed E-state index contributed by atoms with van der Waals surface area (Å²) >= 11 is 0. The summed E-state index contributed by atoms with van der Waals surface area (Å²) in [4.78, 5) is 28.8. The zero-order chi connectivity index (χ0) is 11.2. The number of carboxylic acids is 1. The van der Waals surface area contributed by atoms with Gasteiger partial charge >= 0.3 is 12.0 Å². The van der Waals surface area contributed by atoms with Crippen LogP contribution in [-0.4, -0.2) is 58.8 Å². The molecule has 0 bridgehead atoms. The van der Waals surface area contributed by atoms with Crippen LogP contribution in [0.15, 0.2) is 10.1 Å². The second-order valence-electron chi connectivity index (χ2n) is 3.20. The van der Waals surface area contributed by atoms with Gasteiger partial charge in [0.05, 0.1) is 0 Å². The smallest absolute Gasteiger partial charge is 0.361 e. The summed E-state index contributed by atoms with van der Waals surface area (Å²) in [5.41, 5.74) is 0.695. The van der Waals surface area contributed by atoms with E-state index in [0.717, 1.165) is 16.1 Å². The lowest BCUT2D eigenvalue weighted by Crippen LogP contribution is -2.55. The molecule has 0 aliphatic carbocycles. The summed E-state index contributed by atoms with van der Waals surface area (Å²) in [6.07, 6.45) is 1.15. The predicted octanol–water partition coefficient (Wildman–Crippen LogP) is -1.29. The van der Waals surface area contributed by atoms with Crippen LogP contribution in [0.4, 0.5) is 4.79 Å². The van der Waals surface area contributed by atoms with Crippen molar-refractivity contribution < 1.29 is 14.7 Å². The highest BCUT2D eigenvalue weighted by atomic mass is 16.4. The average Bonchev–Trinajstić information content (AvgIpc) is 2.43. The number of urea groups is 1. The second-order valence-corrected chi connectivity index (χ2v) is 3.20. The molecule has 15 heavy (non-hydrogen) atoms. The zero-order valence-corrected chi connectivity index (χ0v) is 8.13. The number of hydrogen-bond acceptors (Lipinski definition) is 5. The molecule has 8 nitrogen and oxygen atoms in total. The maximum atomic E-state index is 11.6. The van der Waals surface area contributed by atoms with Gasteiger partial charge in [0, 0.05) is 14.1 Å². The van der Waals surface area contributed by atoms with Crippen molar-refractivity contribution in [2.75, 3.05) is 14.1 Å². The van der Waals surface area contributed by atoms with Crippen LogP contribution in [0.1, 0.15) is 0 Å². The van der Waals surface area contributed by atoms with Crippen LogP contribution in [-0.2, 0) is 4.79 Å². The number of carboxylic acid groups (broad SMARTS) is 1. The molecule has 8 heteroatoms. The van der Waals surface area contributed by atoms with E-state index in [1.54, 1.807) is 0 Å². The van der Waals surface area contributed by atoms with E-state index in [1.807, 2.05) is 0 Å². The van der Waals surface area contributed by atoms with Gasteiger partial charge in [-0.25, -0.2) is 14.6 Å². The molecule has 2 amide bonds.